The largest absolute Gasteiger partial charge is 0.354 e. The van der Waals surface area contributed by atoms with Crippen LogP contribution in [0.1, 0.15) is 18.3 Å². The van der Waals surface area contributed by atoms with Gasteiger partial charge in [0.1, 0.15) is 0 Å². The van der Waals surface area contributed by atoms with E-state index in [1.807, 2.05) is 26.8 Å². The van der Waals surface area contributed by atoms with Gasteiger partial charge in [0.2, 0.25) is 5.95 Å². The van der Waals surface area contributed by atoms with E-state index in [-0.39, 0.29) is 0 Å². The van der Waals surface area contributed by atoms with E-state index in [9.17, 15) is 0 Å². The standard InChI is InChI=1S/C8H13N3/c1-4-9-8-10-6(2)5-7(3)11-8/h5H,4H2,1-3H3,(H,9,10,11). The van der Waals surface area contributed by atoms with Gasteiger partial charge in [-0.1, -0.05) is 0 Å². The van der Waals surface area contributed by atoms with Crippen LogP contribution in [0.3, 0.4) is 0 Å². The maximum absolute atomic E-state index is 4.20. The molecule has 0 saturated heterocycles. The molecule has 1 rings (SSSR count). The summed E-state index contributed by atoms with van der Waals surface area (Å²) < 4.78 is 0. The quantitative estimate of drug-likeness (QED) is 0.696. The number of aromatic nitrogens is 2. The van der Waals surface area contributed by atoms with Crippen LogP contribution in [-0.2, 0) is 0 Å². The van der Waals surface area contributed by atoms with Gasteiger partial charge in [-0.05, 0) is 26.8 Å². The average Bonchev–Trinajstić information content (AvgIpc) is 1.85. The SMILES string of the molecule is CCNc1nc(C)cc(C)n1. The summed E-state index contributed by atoms with van der Waals surface area (Å²) in [6.07, 6.45) is 0. The molecule has 0 spiro atoms. The summed E-state index contributed by atoms with van der Waals surface area (Å²) in [5, 5.41) is 3.07. The normalized spacial score (nSPS) is 9.73. The van der Waals surface area contributed by atoms with Crippen molar-refractivity contribution in [1.29, 1.82) is 0 Å². The molecule has 60 valence electrons. The van der Waals surface area contributed by atoms with Crippen molar-refractivity contribution in [3.63, 3.8) is 0 Å². The van der Waals surface area contributed by atoms with Crippen molar-refractivity contribution in [1.82, 2.24) is 9.97 Å². The van der Waals surface area contributed by atoms with Crippen molar-refractivity contribution in [2.75, 3.05) is 11.9 Å². The number of anilines is 1. The molecule has 0 aliphatic heterocycles. The van der Waals surface area contributed by atoms with E-state index >= 15 is 0 Å². The van der Waals surface area contributed by atoms with Crippen molar-refractivity contribution >= 4 is 5.95 Å². The van der Waals surface area contributed by atoms with Crippen molar-refractivity contribution in [2.45, 2.75) is 20.8 Å². The molecule has 1 aromatic rings. The molecule has 0 aliphatic carbocycles. The van der Waals surface area contributed by atoms with E-state index in [1.54, 1.807) is 0 Å². The fourth-order valence-corrected chi connectivity index (χ4v) is 0.963. The summed E-state index contributed by atoms with van der Waals surface area (Å²) in [5.74, 6) is 0.727. The third-order valence-corrected chi connectivity index (χ3v) is 1.32. The second-order valence-electron chi connectivity index (χ2n) is 2.50. The number of hydrogen-bond acceptors (Lipinski definition) is 3. The van der Waals surface area contributed by atoms with Crippen molar-refractivity contribution < 1.29 is 0 Å². The zero-order valence-electron chi connectivity index (χ0n) is 7.18. The summed E-state index contributed by atoms with van der Waals surface area (Å²) in [5.41, 5.74) is 2.02. The fourth-order valence-electron chi connectivity index (χ4n) is 0.963. The molecule has 0 amide bonds. The van der Waals surface area contributed by atoms with Gasteiger partial charge in [-0.3, -0.25) is 0 Å². The van der Waals surface area contributed by atoms with Gasteiger partial charge in [-0.15, -0.1) is 0 Å². The zero-order valence-corrected chi connectivity index (χ0v) is 7.18. The first kappa shape index (κ1) is 7.98. The van der Waals surface area contributed by atoms with Gasteiger partial charge in [0.25, 0.3) is 0 Å². The molecule has 0 atom stereocenters. The highest BCUT2D eigenvalue weighted by atomic mass is 15.1. The van der Waals surface area contributed by atoms with Crippen LogP contribution in [-0.4, -0.2) is 16.5 Å². The van der Waals surface area contributed by atoms with E-state index in [4.69, 9.17) is 0 Å². The Kier molecular flexibility index (Phi) is 2.41. The summed E-state index contributed by atoms with van der Waals surface area (Å²) in [6.45, 7) is 6.83. The van der Waals surface area contributed by atoms with E-state index in [0.717, 1.165) is 23.9 Å². The van der Waals surface area contributed by atoms with Crippen LogP contribution in [0, 0.1) is 13.8 Å². The molecule has 0 radical (unpaired) electrons. The molecule has 0 fully saturated rings. The van der Waals surface area contributed by atoms with Crippen LogP contribution in [0.2, 0.25) is 0 Å². The van der Waals surface area contributed by atoms with E-state index in [1.165, 1.54) is 0 Å². The first-order valence-electron chi connectivity index (χ1n) is 3.78. The molecule has 0 saturated carbocycles. The highest BCUT2D eigenvalue weighted by molar-refractivity contribution is 5.26. The van der Waals surface area contributed by atoms with Gasteiger partial charge in [-0.25, -0.2) is 9.97 Å². The van der Waals surface area contributed by atoms with Crippen LogP contribution in [0.15, 0.2) is 6.07 Å². The molecule has 0 aromatic carbocycles. The second kappa shape index (κ2) is 3.32. The maximum Gasteiger partial charge on any atom is 0.223 e. The van der Waals surface area contributed by atoms with E-state index in [0.29, 0.717) is 0 Å². The van der Waals surface area contributed by atoms with Crippen molar-refractivity contribution in [3.8, 4) is 0 Å². The molecule has 1 heterocycles. The summed E-state index contributed by atoms with van der Waals surface area (Å²) in [7, 11) is 0. The van der Waals surface area contributed by atoms with Gasteiger partial charge >= 0.3 is 0 Å². The Morgan fingerprint density at radius 1 is 1.27 bits per heavy atom. The monoisotopic (exact) mass is 151 g/mol. The molecule has 3 nitrogen and oxygen atoms in total. The molecule has 3 heteroatoms. The minimum atomic E-state index is 0.727. The molecule has 11 heavy (non-hydrogen) atoms. The predicted octanol–water partition coefficient (Wildman–Crippen LogP) is 1.53. The molecular weight excluding hydrogens is 138 g/mol. The molecule has 0 unspecified atom stereocenters. The lowest BCUT2D eigenvalue weighted by Crippen LogP contribution is -2.03. The first-order chi connectivity index (χ1) is 5.22. The molecule has 1 N–H and O–H groups in total. The first-order valence-corrected chi connectivity index (χ1v) is 3.78. The Balaban J connectivity index is 2.89. The lowest BCUT2D eigenvalue weighted by atomic mass is 10.4. The number of nitrogens with zero attached hydrogens (tertiary/aromatic N) is 2. The third kappa shape index (κ3) is 2.18. The second-order valence-corrected chi connectivity index (χ2v) is 2.50. The predicted molar refractivity (Wildman–Crippen MR) is 45.7 cm³/mol. The summed E-state index contributed by atoms with van der Waals surface area (Å²) >= 11 is 0. The van der Waals surface area contributed by atoms with Crippen LogP contribution in [0.4, 0.5) is 5.95 Å². The smallest absolute Gasteiger partial charge is 0.223 e. The lowest BCUT2D eigenvalue weighted by Gasteiger charge is -2.02. The van der Waals surface area contributed by atoms with E-state index < -0.39 is 0 Å². The summed E-state index contributed by atoms with van der Waals surface area (Å²) in [6, 6.07) is 1.96. The van der Waals surface area contributed by atoms with Gasteiger partial charge in [0.15, 0.2) is 0 Å². The third-order valence-electron chi connectivity index (χ3n) is 1.32. The molecule has 0 bridgehead atoms. The lowest BCUT2D eigenvalue weighted by molar-refractivity contribution is 1.02. The number of rotatable bonds is 2. The summed E-state index contributed by atoms with van der Waals surface area (Å²) in [4.78, 5) is 8.40. The van der Waals surface area contributed by atoms with Gasteiger partial charge < -0.3 is 5.32 Å². The Labute approximate surface area is 66.9 Å². The van der Waals surface area contributed by atoms with E-state index in [2.05, 4.69) is 15.3 Å². The van der Waals surface area contributed by atoms with Crippen LogP contribution < -0.4 is 5.32 Å². The minimum absolute atomic E-state index is 0.727. The Morgan fingerprint density at radius 2 is 1.82 bits per heavy atom. The number of aryl methyl sites for hydroxylation is 2. The van der Waals surface area contributed by atoms with Gasteiger partial charge in [-0.2, -0.15) is 0 Å². The number of nitrogens with one attached hydrogen (secondary N) is 1. The maximum atomic E-state index is 4.20. The molecular formula is C8H13N3. The Morgan fingerprint density at radius 3 is 2.27 bits per heavy atom. The molecule has 1 aromatic heterocycles. The zero-order chi connectivity index (χ0) is 8.27. The van der Waals surface area contributed by atoms with Crippen LogP contribution in [0.25, 0.3) is 0 Å². The fraction of sp³-hybridized carbons (Fsp3) is 0.500. The van der Waals surface area contributed by atoms with Gasteiger partial charge in [0, 0.05) is 17.9 Å². The highest BCUT2D eigenvalue weighted by Crippen LogP contribution is 2.02. The topological polar surface area (TPSA) is 37.8 Å². The average molecular weight is 151 g/mol. The highest BCUT2D eigenvalue weighted by Gasteiger charge is 1.95. The molecule has 0 aliphatic rings. The Hall–Kier alpha value is -1.12. The van der Waals surface area contributed by atoms with Crippen LogP contribution >= 0.6 is 0 Å². The van der Waals surface area contributed by atoms with Crippen LogP contribution in [0.5, 0.6) is 0 Å². The van der Waals surface area contributed by atoms with Gasteiger partial charge in [0.05, 0.1) is 0 Å². The van der Waals surface area contributed by atoms with Crippen molar-refractivity contribution in [2.24, 2.45) is 0 Å². The number of hydrogen-bond donors (Lipinski definition) is 1. The Bertz CT molecular complexity index is 225. The van der Waals surface area contributed by atoms with Crippen molar-refractivity contribution in [3.05, 3.63) is 17.5 Å². The minimum Gasteiger partial charge on any atom is -0.354 e.